The number of nitrogens with zero attached hydrogens (tertiary/aromatic N) is 1. The highest BCUT2D eigenvalue weighted by Crippen LogP contribution is 2.30. The summed E-state index contributed by atoms with van der Waals surface area (Å²) in [5.74, 6) is -0.0805. The van der Waals surface area contributed by atoms with Gasteiger partial charge >= 0.3 is 0 Å². The summed E-state index contributed by atoms with van der Waals surface area (Å²) in [4.78, 5) is 17.8. The fourth-order valence-electron chi connectivity index (χ4n) is 2.00. The predicted octanol–water partition coefficient (Wildman–Crippen LogP) is 4.10. The molecule has 1 N–H and O–H groups in total. The second kappa shape index (κ2) is 5.11. The van der Waals surface area contributed by atoms with E-state index >= 15 is 0 Å². The van der Waals surface area contributed by atoms with Gasteiger partial charge in [0.15, 0.2) is 5.13 Å². The Morgan fingerprint density at radius 1 is 1.39 bits per heavy atom. The smallest absolute Gasteiger partial charge is 0.258 e. The van der Waals surface area contributed by atoms with Gasteiger partial charge in [-0.05, 0) is 47.7 Å². The fraction of sp³-hybridized carbons (Fsp3) is 0.333. The number of amides is 1. The van der Waals surface area contributed by atoms with Crippen LogP contribution in [0.5, 0.6) is 0 Å². The van der Waals surface area contributed by atoms with Crippen molar-refractivity contribution in [3.63, 3.8) is 0 Å². The van der Waals surface area contributed by atoms with Crippen molar-refractivity contribution in [1.29, 1.82) is 0 Å². The van der Waals surface area contributed by atoms with E-state index in [0.717, 1.165) is 21.8 Å². The number of thiophene rings is 1. The van der Waals surface area contributed by atoms with Gasteiger partial charge in [-0.3, -0.25) is 10.1 Å². The molecule has 1 aliphatic carbocycles. The Bertz CT molecular complexity index is 567. The van der Waals surface area contributed by atoms with Crippen LogP contribution in [-0.2, 0) is 12.8 Å². The lowest BCUT2D eigenvalue weighted by molar-refractivity contribution is 0.102. The van der Waals surface area contributed by atoms with Crippen molar-refractivity contribution in [2.24, 2.45) is 0 Å². The van der Waals surface area contributed by atoms with Crippen LogP contribution in [0.15, 0.2) is 15.2 Å². The van der Waals surface area contributed by atoms with Gasteiger partial charge in [-0.25, -0.2) is 4.98 Å². The molecule has 2 aromatic heterocycles. The van der Waals surface area contributed by atoms with E-state index in [4.69, 9.17) is 0 Å². The summed E-state index contributed by atoms with van der Waals surface area (Å²) in [7, 11) is 0. The maximum Gasteiger partial charge on any atom is 0.258 e. The van der Waals surface area contributed by atoms with Crippen molar-refractivity contribution in [2.45, 2.75) is 25.7 Å². The Balaban J connectivity index is 1.76. The summed E-state index contributed by atoms with van der Waals surface area (Å²) in [6.45, 7) is 0. The summed E-state index contributed by atoms with van der Waals surface area (Å²) >= 11 is 6.48. The zero-order chi connectivity index (χ0) is 12.5. The number of thiazole rings is 1. The minimum absolute atomic E-state index is 0.0805. The average Bonchev–Trinajstić information content (AvgIpc) is 2.94. The lowest BCUT2D eigenvalue weighted by atomic mass is 10.0. The van der Waals surface area contributed by atoms with Crippen molar-refractivity contribution < 1.29 is 4.79 Å². The zero-order valence-corrected chi connectivity index (χ0v) is 12.8. The largest absolute Gasteiger partial charge is 0.298 e. The van der Waals surface area contributed by atoms with E-state index in [-0.39, 0.29) is 5.91 Å². The molecule has 0 atom stereocenters. The van der Waals surface area contributed by atoms with E-state index in [2.05, 4.69) is 26.2 Å². The summed E-state index contributed by atoms with van der Waals surface area (Å²) in [6.07, 6.45) is 4.60. The Labute approximate surface area is 121 Å². The van der Waals surface area contributed by atoms with Crippen LogP contribution in [0.2, 0.25) is 0 Å². The number of carbonyl (C=O) groups is 1. The van der Waals surface area contributed by atoms with Gasteiger partial charge in [0.25, 0.3) is 5.91 Å². The topological polar surface area (TPSA) is 42.0 Å². The molecule has 0 unspecified atom stereocenters. The number of aryl methyl sites for hydroxylation is 2. The summed E-state index contributed by atoms with van der Waals surface area (Å²) in [5.41, 5.74) is 1.85. The molecular weight excluding hydrogens is 332 g/mol. The van der Waals surface area contributed by atoms with Crippen molar-refractivity contribution in [2.75, 3.05) is 5.32 Å². The van der Waals surface area contributed by atoms with Crippen LogP contribution in [0.3, 0.4) is 0 Å². The minimum atomic E-state index is -0.0805. The van der Waals surface area contributed by atoms with Crippen LogP contribution in [0.25, 0.3) is 0 Å². The molecule has 0 aliphatic heterocycles. The second-order valence-electron chi connectivity index (χ2n) is 4.19. The zero-order valence-electron chi connectivity index (χ0n) is 9.53. The van der Waals surface area contributed by atoms with Crippen LogP contribution >= 0.6 is 38.6 Å². The number of rotatable bonds is 2. The number of fused-ring (bicyclic) bond motifs is 1. The molecule has 3 nitrogen and oxygen atoms in total. The van der Waals surface area contributed by atoms with Gasteiger partial charge in [0.1, 0.15) is 0 Å². The Hall–Kier alpha value is -0.720. The maximum absolute atomic E-state index is 12.0. The molecule has 1 aliphatic rings. The van der Waals surface area contributed by atoms with Crippen molar-refractivity contribution in [3.8, 4) is 0 Å². The fourth-order valence-corrected chi connectivity index (χ4v) is 4.19. The number of carbonyl (C=O) groups excluding carboxylic acids is 1. The van der Waals surface area contributed by atoms with Gasteiger partial charge in [0, 0.05) is 10.3 Å². The Morgan fingerprint density at radius 2 is 2.22 bits per heavy atom. The van der Waals surface area contributed by atoms with Crippen LogP contribution in [-0.4, -0.2) is 10.9 Å². The predicted molar refractivity (Wildman–Crippen MR) is 78.7 cm³/mol. The van der Waals surface area contributed by atoms with E-state index in [1.807, 2.05) is 11.4 Å². The highest BCUT2D eigenvalue weighted by molar-refractivity contribution is 9.11. The third-order valence-electron chi connectivity index (χ3n) is 2.90. The quantitative estimate of drug-likeness (QED) is 0.892. The molecule has 0 bridgehead atoms. The molecule has 0 saturated carbocycles. The number of hydrogen-bond donors (Lipinski definition) is 1. The maximum atomic E-state index is 12.0. The molecule has 18 heavy (non-hydrogen) atoms. The van der Waals surface area contributed by atoms with Crippen LogP contribution in [0.1, 0.15) is 33.8 Å². The highest BCUT2D eigenvalue weighted by atomic mass is 79.9. The van der Waals surface area contributed by atoms with Gasteiger partial charge < -0.3 is 0 Å². The highest BCUT2D eigenvalue weighted by Gasteiger charge is 2.17. The summed E-state index contributed by atoms with van der Waals surface area (Å²) in [5, 5.41) is 5.45. The number of aromatic nitrogens is 1. The number of nitrogens with one attached hydrogen (secondary N) is 1. The molecule has 0 radical (unpaired) electrons. The van der Waals surface area contributed by atoms with Crippen LogP contribution in [0, 0.1) is 0 Å². The summed E-state index contributed by atoms with van der Waals surface area (Å²) in [6, 6.07) is 1.83. The molecule has 3 rings (SSSR count). The third-order valence-corrected chi connectivity index (χ3v) is 5.47. The number of anilines is 1. The van der Waals surface area contributed by atoms with Gasteiger partial charge in [-0.2, -0.15) is 0 Å². The van der Waals surface area contributed by atoms with E-state index in [1.54, 1.807) is 11.3 Å². The first kappa shape index (κ1) is 12.3. The van der Waals surface area contributed by atoms with E-state index in [1.165, 1.54) is 34.7 Å². The lowest BCUT2D eigenvalue weighted by Crippen LogP contribution is -2.10. The SMILES string of the molecule is O=C(Nc1nc2c(s1)CCCC2)c1csc(Br)c1. The van der Waals surface area contributed by atoms with Crippen molar-refractivity contribution >= 4 is 49.6 Å². The molecule has 2 aromatic rings. The van der Waals surface area contributed by atoms with E-state index in [0.29, 0.717) is 5.56 Å². The molecular formula is C12H11BrN2OS2. The van der Waals surface area contributed by atoms with E-state index < -0.39 is 0 Å². The normalized spacial score (nSPS) is 14.3. The molecule has 0 saturated heterocycles. The first-order valence-electron chi connectivity index (χ1n) is 5.76. The minimum Gasteiger partial charge on any atom is -0.298 e. The third kappa shape index (κ3) is 2.50. The van der Waals surface area contributed by atoms with Gasteiger partial charge in [-0.15, -0.1) is 22.7 Å². The molecule has 2 heterocycles. The molecule has 0 spiro atoms. The molecule has 6 heteroatoms. The van der Waals surface area contributed by atoms with Crippen molar-refractivity contribution in [3.05, 3.63) is 31.4 Å². The lowest BCUT2D eigenvalue weighted by Gasteiger charge is -2.06. The van der Waals surface area contributed by atoms with Crippen LogP contribution in [0.4, 0.5) is 5.13 Å². The van der Waals surface area contributed by atoms with Crippen LogP contribution < -0.4 is 5.32 Å². The average molecular weight is 343 g/mol. The number of hydrogen-bond acceptors (Lipinski definition) is 4. The molecule has 0 aromatic carbocycles. The van der Waals surface area contributed by atoms with Crippen molar-refractivity contribution in [1.82, 2.24) is 4.98 Å². The van der Waals surface area contributed by atoms with Gasteiger partial charge in [-0.1, -0.05) is 0 Å². The van der Waals surface area contributed by atoms with Gasteiger partial charge in [0.2, 0.25) is 0 Å². The Morgan fingerprint density at radius 3 is 2.94 bits per heavy atom. The molecule has 94 valence electrons. The standard InChI is InChI=1S/C12H11BrN2OS2/c13-10-5-7(6-17-10)11(16)15-12-14-8-3-1-2-4-9(8)18-12/h5-6H,1-4H2,(H,14,15,16). The number of halogens is 1. The monoisotopic (exact) mass is 342 g/mol. The molecule has 1 amide bonds. The summed E-state index contributed by atoms with van der Waals surface area (Å²) < 4.78 is 0.964. The Kier molecular flexibility index (Phi) is 3.50. The second-order valence-corrected chi connectivity index (χ2v) is 7.56. The molecule has 0 fully saturated rings. The first-order valence-corrected chi connectivity index (χ1v) is 8.25. The first-order chi connectivity index (χ1) is 8.72. The van der Waals surface area contributed by atoms with Gasteiger partial charge in [0.05, 0.1) is 15.0 Å². The van der Waals surface area contributed by atoms with E-state index in [9.17, 15) is 4.79 Å².